The van der Waals surface area contributed by atoms with E-state index in [1.54, 1.807) is 0 Å². The van der Waals surface area contributed by atoms with Gasteiger partial charge in [-0.05, 0) is 61.6 Å². The van der Waals surface area contributed by atoms with Gasteiger partial charge in [-0.25, -0.2) is 9.97 Å². The second-order valence-electron chi connectivity index (χ2n) is 7.28. The van der Waals surface area contributed by atoms with Gasteiger partial charge in [0, 0.05) is 30.9 Å². The normalized spacial score (nSPS) is 12.5. The molecule has 0 aliphatic heterocycles. The van der Waals surface area contributed by atoms with E-state index in [2.05, 4.69) is 55.8 Å². The molecule has 0 bridgehead atoms. The first-order valence-corrected chi connectivity index (χ1v) is 9.76. The minimum absolute atomic E-state index is 0.149. The number of hydrogen-bond acceptors (Lipinski definition) is 5. The number of benzene rings is 1. The Kier molecular flexibility index (Phi) is 6.01. The SMILES string of the molecule is CCN(CC)c1nc(C(N)CC(C)C)nc2ccc(-c3ccncc3)cc12. The van der Waals surface area contributed by atoms with Crippen LogP contribution in [0.4, 0.5) is 5.82 Å². The molecule has 1 atom stereocenters. The number of anilines is 1. The molecule has 0 fully saturated rings. The van der Waals surface area contributed by atoms with Gasteiger partial charge in [0.2, 0.25) is 0 Å². The predicted molar refractivity (Wildman–Crippen MR) is 113 cm³/mol. The third kappa shape index (κ3) is 4.25. The van der Waals surface area contributed by atoms with E-state index in [9.17, 15) is 0 Å². The van der Waals surface area contributed by atoms with Crippen LogP contribution in [0.2, 0.25) is 0 Å². The molecule has 142 valence electrons. The second kappa shape index (κ2) is 8.44. The fraction of sp³-hybridized carbons (Fsp3) is 0.409. The lowest BCUT2D eigenvalue weighted by Crippen LogP contribution is -2.25. The van der Waals surface area contributed by atoms with Crippen LogP contribution >= 0.6 is 0 Å². The quantitative estimate of drug-likeness (QED) is 0.665. The van der Waals surface area contributed by atoms with Gasteiger partial charge in [0.1, 0.15) is 11.6 Å². The zero-order valence-electron chi connectivity index (χ0n) is 16.7. The summed E-state index contributed by atoms with van der Waals surface area (Å²) in [5.41, 5.74) is 9.63. The zero-order valence-corrected chi connectivity index (χ0v) is 16.7. The minimum Gasteiger partial charge on any atom is -0.357 e. The van der Waals surface area contributed by atoms with Crippen molar-refractivity contribution in [3.8, 4) is 11.1 Å². The standard InChI is InChI=1S/C22H29N5/c1-5-27(6-2)22-18-14-17(16-9-11-24-12-10-16)7-8-20(18)25-21(26-22)19(23)13-15(3)4/h7-12,14-15,19H,5-6,13,23H2,1-4H3. The van der Waals surface area contributed by atoms with Crippen LogP contribution in [0.3, 0.4) is 0 Å². The van der Waals surface area contributed by atoms with Gasteiger partial charge in [0.15, 0.2) is 0 Å². The lowest BCUT2D eigenvalue weighted by molar-refractivity contribution is 0.494. The summed E-state index contributed by atoms with van der Waals surface area (Å²) in [6, 6.07) is 10.2. The summed E-state index contributed by atoms with van der Waals surface area (Å²) in [5.74, 6) is 2.20. The Hall–Kier alpha value is -2.53. The Morgan fingerprint density at radius 2 is 1.67 bits per heavy atom. The smallest absolute Gasteiger partial charge is 0.148 e. The van der Waals surface area contributed by atoms with Gasteiger partial charge in [-0.15, -0.1) is 0 Å². The van der Waals surface area contributed by atoms with Crippen LogP contribution in [0.5, 0.6) is 0 Å². The Morgan fingerprint density at radius 1 is 0.963 bits per heavy atom. The molecule has 1 aromatic carbocycles. The molecule has 0 saturated carbocycles. The zero-order chi connectivity index (χ0) is 19.4. The largest absolute Gasteiger partial charge is 0.357 e. The highest BCUT2D eigenvalue weighted by atomic mass is 15.2. The van der Waals surface area contributed by atoms with Crippen molar-refractivity contribution in [1.29, 1.82) is 0 Å². The van der Waals surface area contributed by atoms with Gasteiger partial charge in [0.25, 0.3) is 0 Å². The van der Waals surface area contributed by atoms with Crippen LogP contribution < -0.4 is 10.6 Å². The maximum atomic E-state index is 6.41. The Morgan fingerprint density at radius 3 is 2.30 bits per heavy atom. The van der Waals surface area contributed by atoms with E-state index in [1.165, 1.54) is 0 Å². The van der Waals surface area contributed by atoms with E-state index in [1.807, 2.05) is 24.5 Å². The maximum absolute atomic E-state index is 6.41. The summed E-state index contributed by atoms with van der Waals surface area (Å²) in [6.07, 6.45) is 4.50. The monoisotopic (exact) mass is 363 g/mol. The van der Waals surface area contributed by atoms with Crippen molar-refractivity contribution in [3.63, 3.8) is 0 Å². The van der Waals surface area contributed by atoms with Gasteiger partial charge in [-0.3, -0.25) is 4.98 Å². The average Bonchev–Trinajstić information content (AvgIpc) is 2.68. The highest BCUT2D eigenvalue weighted by Crippen LogP contribution is 2.30. The molecular weight excluding hydrogens is 334 g/mol. The molecule has 3 aromatic rings. The molecule has 1 unspecified atom stereocenters. The third-order valence-corrected chi connectivity index (χ3v) is 4.83. The summed E-state index contributed by atoms with van der Waals surface area (Å²) in [6.45, 7) is 10.4. The van der Waals surface area contributed by atoms with Crippen molar-refractivity contribution in [2.75, 3.05) is 18.0 Å². The number of rotatable bonds is 7. The summed E-state index contributed by atoms with van der Waals surface area (Å²) in [4.78, 5) is 16.1. The van der Waals surface area contributed by atoms with Crippen LogP contribution in [0.15, 0.2) is 42.7 Å². The molecule has 2 N–H and O–H groups in total. The van der Waals surface area contributed by atoms with E-state index in [-0.39, 0.29) is 6.04 Å². The van der Waals surface area contributed by atoms with Gasteiger partial charge < -0.3 is 10.6 Å². The number of pyridine rings is 1. The van der Waals surface area contributed by atoms with Crippen LogP contribution in [-0.4, -0.2) is 28.0 Å². The van der Waals surface area contributed by atoms with Crippen LogP contribution in [-0.2, 0) is 0 Å². The summed E-state index contributed by atoms with van der Waals surface area (Å²) < 4.78 is 0. The van der Waals surface area contributed by atoms with Gasteiger partial charge >= 0.3 is 0 Å². The molecule has 5 nitrogen and oxygen atoms in total. The molecule has 0 aliphatic carbocycles. The second-order valence-corrected chi connectivity index (χ2v) is 7.28. The first kappa shape index (κ1) is 19.2. The molecule has 3 rings (SSSR count). The molecule has 0 saturated heterocycles. The average molecular weight is 364 g/mol. The van der Waals surface area contributed by atoms with Crippen molar-refractivity contribution >= 4 is 16.7 Å². The van der Waals surface area contributed by atoms with Gasteiger partial charge in [-0.2, -0.15) is 0 Å². The predicted octanol–water partition coefficient (Wildman–Crippen LogP) is 4.58. The molecular formula is C22H29N5. The van der Waals surface area contributed by atoms with E-state index in [4.69, 9.17) is 15.7 Å². The Balaban J connectivity index is 2.16. The fourth-order valence-electron chi connectivity index (χ4n) is 3.40. The van der Waals surface area contributed by atoms with Gasteiger partial charge in [-0.1, -0.05) is 19.9 Å². The van der Waals surface area contributed by atoms with E-state index < -0.39 is 0 Å². The van der Waals surface area contributed by atoms with Crippen LogP contribution in [0.1, 0.15) is 46.0 Å². The van der Waals surface area contributed by atoms with E-state index in [0.717, 1.165) is 53.2 Å². The number of aromatic nitrogens is 3. The fourth-order valence-corrected chi connectivity index (χ4v) is 3.40. The molecule has 0 spiro atoms. The molecule has 2 aromatic heterocycles. The summed E-state index contributed by atoms with van der Waals surface area (Å²) in [7, 11) is 0. The lowest BCUT2D eigenvalue weighted by Gasteiger charge is -2.23. The highest BCUT2D eigenvalue weighted by Gasteiger charge is 2.18. The Labute approximate surface area is 161 Å². The van der Waals surface area contributed by atoms with Gasteiger partial charge in [0.05, 0.1) is 11.6 Å². The highest BCUT2D eigenvalue weighted by molar-refractivity contribution is 5.93. The molecule has 0 radical (unpaired) electrons. The van der Waals surface area contributed by atoms with Crippen LogP contribution in [0.25, 0.3) is 22.0 Å². The third-order valence-electron chi connectivity index (χ3n) is 4.83. The number of nitrogens with two attached hydrogens (primary N) is 1. The number of nitrogens with zero attached hydrogens (tertiary/aromatic N) is 4. The van der Waals surface area contributed by atoms with Crippen LogP contribution in [0, 0.1) is 5.92 Å². The first-order valence-electron chi connectivity index (χ1n) is 9.76. The maximum Gasteiger partial charge on any atom is 0.148 e. The summed E-state index contributed by atoms with van der Waals surface area (Å²) >= 11 is 0. The van der Waals surface area contributed by atoms with Crippen molar-refractivity contribution in [3.05, 3.63) is 48.5 Å². The van der Waals surface area contributed by atoms with Crippen molar-refractivity contribution < 1.29 is 0 Å². The molecule has 0 aliphatic rings. The molecule has 0 amide bonds. The Bertz CT molecular complexity index is 888. The topological polar surface area (TPSA) is 67.9 Å². The van der Waals surface area contributed by atoms with Crippen molar-refractivity contribution in [2.24, 2.45) is 11.7 Å². The van der Waals surface area contributed by atoms with Crippen molar-refractivity contribution in [2.45, 2.75) is 40.2 Å². The minimum atomic E-state index is -0.149. The molecule has 27 heavy (non-hydrogen) atoms. The molecule has 2 heterocycles. The van der Waals surface area contributed by atoms with Crippen molar-refractivity contribution in [1.82, 2.24) is 15.0 Å². The number of hydrogen-bond donors (Lipinski definition) is 1. The van der Waals surface area contributed by atoms with E-state index in [0.29, 0.717) is 5.92 Å². The number of fused-ring (bicyclic) bond motifs is 1. The first-order chi connectivity index (χ1) is 13.0. The lowest BCUT2D eigenvalue weighted by atomic mass is 10.0. The van der Waals surface area contributed by atoms with E-state index >= 15 is 0 Å². The summed E-state index contributed by atoms with van der Waals surface area (Å²) in [5, 5.41) is 1.06. The molecule has 5 heteroatoms.